The zero-order chi connectivity index (χ0) is 22.2. The first-order chi connectivity index (χ1) is 14.9. The first-order valence-electron chi connectivity index (χ1n) is 10.1. The topological polar surface area (TPSA) is 73.9 Å². The Morgan fingerprint density at radius 3 is 2.19 bits per heavy atom. The van der Waals surface area contributed by atoms with Crippen LogP contribution in [-0.4, -0.2) is 62.7 Å². The molecule has 0 spiro atoms. The lowest BCUT2D eigenvalue weighted by Gasteiger charge is -2.29. The van der Waals surface area contributed by atoms with Gasteiger partial charge in [0, 0.05) is 30.2 Å². The van der Waals surface area contributed by atoms with Crippen molar-refractivity contribution in [2.24, 2.45) is 0 Å². The van der Waals surface area contributed by atoms with Gasteiger partial charge in [0.25, 0.3) is 0 Å². The molecule has 2 aromatic rings. The Balaban J connectivity index is 1.48. The number of halogens is 2. The molecule has 2 N–H and O–H groups in total. The van der Waals surface area contributed by atoms with Crippen LogP contribution in [0.25, 0.3) is 0 Å². The van der Waals surface area contributed by atoms with Crippen molar-refractivity contribution in [2.75, 3.05) is 61.5 Å². The van der Waals surface area contributed by atoms with E-state index in [4.69, 9.17) is 16.3 Å². The van der Waals surface area contributed by atoms with Crippen LogP contribution >= 0.6 is 11.6 Å². The van der Waals surface area contributed by atoms with Gasteiger partial charge in [0.1, 0.15) is 5.82 Å². The predicted octanol–water partition coefficient (Wildman–Crippen LogP) is 3.21. The van der Waals surface area contributed by atoms with Gasteiger partial charge in [-0.25, -0.2) is 4.39 Å². The molecule has 0 aromatic heterocycles. The quantitative estimate of drug-likeness (QED) is 0.648. The van der Waals surface area contributed by atoms with Crippen LogP contribution in [0.2, 0.25) is 5.02 Å². The Labute approximate surface area is 186 Å². The summed E-state index contributed by atoms with van der Waals surface area (Å²) >= 11 is 5.73. The van der Waals surface area contributed by atoms with E-state index >= 15 is 0 Å². The number of anilines is 3. The number of nitrogens with one attached hydrogen (secondary N) is 2. The van der Waals surface area contributed by atoms with Gasteiger partial charge < -0.3 is 20.3 Å². The molecule has 0 unspecified atom stereocenters. The summed E-state index contributed by atoms with van der Waals surface area (Å²) in [6.45, 7) is 5.61. The zero-order valence-corrected chi connectivity index (χ0v) is 18.1. The Morgan fingerprint density at radius 2 is 1.61 bits per heavy atom. The maximum absolute atomic E-state index is 13.2. The highest BCUT2D eigenvalue weighted by atomic mass is 35.5. The fourth-order valence-corrected chi connectivity index (χ4v) is 3.42. The van der Waals surface area contributed by atoms with Crippen LogP contribution in [0, 0.1) is 5.82 Å². The predicted molar refractivity (Wildman–Crippen MR) is 120 cm³/mol. The number of hydrogen-bond donors (Lipinski definition) is 2. The number of carbonyl (C=O) groups excluding carboxylic acids is 2. The van der Waals surface area contributed by atoms with Gasteiger partial charge in [0.2, 0.25) is 11.8 Å². The summed E-state index contributed by atoms with van der Waals surface area (Å²) in [7, 11) is 0. The van der Waals surface area contributed by atoms with Crippen molar-refractivity contribution >= 4 is 40.5 Å². The Bertz CT molecular complexity index is 904. The molecule has 0 radical (unpaired) electrons. The molecule has 0 bridgehead atoms. The number of nitrogens with zero attached hydrogens (tertiary/aromatic N) is 2. The SMILES string of the molecule is CCN(CC(=O)Nc1ccc(N2CCOCC2)cc1)CC(=O)Nc1ccc(F)c(Cl)c1. The normalized spacial score (nSPS) is 13.9. The Hall–Kier alpha value is -2.68. The van der Waals surface area contributed by atoms with E-state index in [0.29, 0.717) is 31.1 Å². The van der Waals surface area contributed by atoms with Gasteiger partial charge in [-0.15, -0.1) is 0 Å². The van der Waals surface area contributed by atoms with Crippen molar-refractivity contribution in [1.82, 2.24) is 4.90 Å². The third kappa shape index (κ3) is 6.92. The molecule has 1 aliphatic rings. The third-order valence-corrected chi connectivity index (χ3v) is 5.20. The average Bonchev–Trinajstić information content (AvgIpc) is 2.77. The van der Waals surface area contributed by atoms with Gasteiger partial charge in [-0.05, 0) is 49.0 Å². The first kappa shape index (κ1) is 23.0. The molecule has 1 fully saturated rings. The molecule has 1 saturated heterocycles. The Kier molecular flexibility index (Phi) is 8.22. The minimum atomic E-state index is -0.551. The van der Waals surface area contributed by atoms with Gasteiger partial charge in [0.15, 0.2) is 0 Å². The minimum absolute atomic E-state index is 0.0227. The molecular weight excluding hydrogens is 423 g/mol. The number of hydrogen-bond acceptors (Lipinski definition) is 5. The van der Waals surface area contributed by atoms with Crippen LogP contribution in [0.4, 0.5) is 21.5 Å². The van der Waals surface area contributed by atoms with Gasteiger partial charge in [-0.2, -0.15) is 0 Å². The number of morpholine rings is 1. The lowest BCUT2D eigenvalue weighted by atomic mass is 10.2. The van der Waals surface area contributed by atoms with E-state index in [9.17, 15) is 14.0 Å². The summed E-state index contributed by atoms with van der Waals surface area (Å²) in [6.07, 6.45) is 0. The second kappa shape index (κ2) is 11.1. The van der Waals surface area contributed by atoms with E-state index in [1.54, 1.807) is 4.90 Å². The fourth-order valence-electron chi connectivity index (χ4n) is 3.24. The van der Waals surface area contributed by atoms with Crippen molar-refractivity contribution < 1.29 is 18.7 Å². The van der Waals surface area contributed by atoms with E-state index in [0.717, 1.165) is 18.8 Å². The monoisotopic (exact) mass is 448 g/mol. The summed E-state index contributed by atoms with van der Waals surface area (Å²) in [4.78, 5) is 28.6. The number of benzene rings is 2. The standard InChI is InChI=1S/C22H26ClFN4O3/c1-2-27(15-22(30)26-17-5-8-20(24)19(23)13-17)14-21(29)25-16-3-6-18(7-4-16)28-9-11-31-12-10-28/h3-8,13H,2,9-12,14-15H2,1H3,(H,25,29)(H,26,30). The molecule has 0 aliphatic carbocycles. The largest absolute Gasteiger partial charge is 0.378 e. The van der Waals surface area contributed by atoms with Crippen molar-refractivity contribution in [2.45, 2.75) is 6.92 Å². The molecule has 31 heavy (non-hydrogen) atoms. The van der Waals surface area contributed by atoms with Crippen LogP contribution in [0.15, 0.2) is 42.5 Å². The minimum Gasteiger partial charge on any atom is -0.378 e. The van der Waals surface area contributed by atoms with Crippen LogP contribution in [0.1, 0.15) is 6.92 Å². The summed E-state index contributed by atoms with van der Waals surface area (Å²) < 4.78 is 18.6. The van der Waals surface area contributed by atoms with Crippen molar-refractivity contribution in [3.05, 3.63) is 53.3 Å². The van der Waals surface area contributed by atoms with E-state index in [-0.39, 0.29) is 29.9 Å². The van der Waals surface area contributed by atoms with E-state index in [2.05, 4.69) is 15.5 Å². The van der Waals surface area contributed by atoms with Crippen molar-refractivity contribution in [3.8, 4) is 0 Å². The zero-order valence-electron chi connectivity index (χ0n) is 17.4. The summed E-state index contributed by atoms with van der Waals surface area (Å²) in [6, 6.07) is 11.6. The highest BCUT2D eigenvalue weighted by molar-refractivity contribution is 6.31. The first-order valence-corrected chi connectivity index (χ1v) is 10.5. The highest BCUT2D eigenvalue weighted by Gasteiger charge is 2.15. The summed E-state index contributed by atoms with van der Waals surface area (Å²) in [5.74, 6) is -1.07. The molecular formula is C22H26ClFN4O3. The second-order valence-corrected chi connectivity index (χ2v) is 7.58. The van der Waals surface area contributed by atoms with Crippen molar-refractivity contribution in [1.29, 1.82) is 0 Å². The van der Waals surface area contributed by atoms with Crippen LogP contribution in [0.5, 0.6) is 0 Å². The maximum atomic E-state index is 13.2. The third-order valence-electron chi connectivity index (χ3n) is 4.91. The highest BCUT2D eigenvalue weighted by Crippen LogP contribution is 2.20. The van der Waals surface area contributed by atoms with Gasteiger partial charge in [-0.1, -0.05) is 18.5 Å². The summed E-state index contributed by atoms with van der Waals surface area (Å²) in [5.41, 5.74) is 2.19. The van der Waals surface area contributed by atoms with Gasteiger partial charge in [0.05, 0.1) is 31.3 Å². The number of carbonyl (C=O) groups is 2. The fraction of sp³-hybridized carbons (Fsp3) is 0.364. The summed E-state index contributed by atoms with van der Waals surface area (Å²) in [5, 5.41) is 5.45. The molecule has 7 nitrogen and oxygen atoms in total. The average molecular weight is 449 g/mol. The van der Waals surface area contributed by atoms with Crippen molar-refractivity contribution in [3.63, 3.8) is 0 Å². The molecule has 9 heteroatoms. The smallest absolute Gasteiger partial charge is 0.238 e. The maximum Gasteiger partial charge on any atom is 0.238 e. The van der Waals surface area contributed by atoms with E-state index in [1.165, 1.54) is 18.2 Å². The Morgan fingerprint density at radius 1 is 1.03 bits per heavy atom. The molecule has 166 valence electrons. The number of amides is 2. The lowest BCUT2D eigenvalue weighted by molar-refractivity contribution is -0.119. The van der Waals surface area contributed by atoms with Gasteiger partial charge in [-0.3, -0.25) is 14.5 Å². The molecule has 0 atom stereocenters. The van der Waals surface area contributed by atoms with Gasteiger partial charge >= 0.3 is 0 Å². The van der Waals surface area contributed by atoms with Crippen LogP contribution < -0.4 is 15.5 Å². The van der Waals surface area contributed by atoms with E-state index in [1.807, 2.05) is 31.2 Å². The lowest BCUT2D eigenvalue weighted by Crippen LogP contribution is -2.38. The number of rotatable bonds is 8. The molecule has 2 amide bonds. The number of ether oxygens (including phenoxy) is 1. The second-order valence-electron chi connectivity index (χ2n) is 7.17. The molecule has 1 aliphatic heterocycles. The molecule has 3 rings (SSSR count). The number of likely N-dealkylation sites (N-methyl/N-ethyl adjacent to an activating group) is 1. The van der Waals surface area contributed by atoms with Crippen LogP contribution in [-0.2, 0) is 14.3 Å². The van der Waals surface area contributed by atoms with E-state index < -0.39 is 5.82 Å². The molecule has 0 saturated carbocycles. The van der Waals surface area contributed by atoms with Crippen LogP contribution in [0.3, 0.4) is 0 Å². The molecule has 1 heterocycles. The molecule has 2 aromatic carbocycles.